The minimum atomic E-state index is -3.78. The van der Waals surface area contributed by atoms with E-state index < -0.39 is 10.1 Å². The number of rotatable bonds is 5. The summed E-state index contributed by atoms with van der Waals surface area (Å²) >= 11 is 3.35. The Bertz CT molecular complexity index is 667. The highest BCUT2D eigenvalue weighted by molar-refractivity contribution is 9.09. The Morgan fingerprint density at radius 2 is 2.05 bits per heavy atom. The molecule has 0 saturated heterocycles. The lowest BCUT2D eigenvalue weighted by atomic mass is 10.2. The van der Waals surface area contributed by atoms with Crippen molar-refractivity contribution in [1.82, 2.24) is 4.98 Å². The van der Waals surface area contributed by atoms with Crippen LogP contribution in [-0.4, -0.2) is 24.8 Å². The number of fused-ring (bicyclic) bond motifs is 1. The molecule has 0 bridgehead atoms. The molecule has 0 aliphatic rings. The van der Waals surface area contributed by atoms with E-state index in [1.807, 2.05) is 19.1 Å². The van der Waals surface area contributed by atoms with Crippen molar-refractivity contribution in [1.29, 1.82) is 0 Å². The van der Waals surface area contributed by atoms with E-state index in [0.29, 0.717) is 5.52 Å². The van der Waals surface area contributed by atoms with Gasteiger partial charge in [-0.25, -0.2) is 0 Å². The zero-order valence-electron chi connectivity index (χ0n) is 10.4. The normalized spacial score (nSPS) is 13.6. The molecule has 0 saturated carbocycles. The summed E-state index contributed by atoms with van der Waals surface area (Å²) in [6.45, 7) is 2.07. The van der Waals surface area contributed by atoms with Gasteiger partial charge in [0.2, 0.25) is 0 Å². The summed E-state index contributed by atoms with van der Waals surface area (Å²) in [5, 5.41) is 0.776. The fourth-order valence-corrected chi connectivity index (χ4v) is 3.05. The minimum absolute atomic E-state index is 0.0187. The predicted octanol–water partition coefficient (Wildman–Crippen LogP) is 3.11. The van der Waals surface area contributed by atoms with Crippen LogP contribution >= 0.6 is 15.9 Å². The fraction of sp³-hybridized carbons (Fsp3) is 0.308. The van der Waals surface area contributed by atoms with Gasteiger partial charge in [-0.3, -0.25) is 9.17 Å². The van der Waals surface area contributed by atoms with E-state index in [1.54, 1.807) is 18.3 Å². The second kappa shape index (κ2) is 5.98. The molecule has 0 aliphatic carbocycles. The summed E-state index contributed by atoms with van der Waals surface area (Å²) in [5.74, 6) is 0. The van der Waals surface area contributed by atoms with Crippen molar-refractivity contribution in [3.8, 4) is 0 Å². The summed E-state index contributed by atoms with van der Waals surface area (Å²) in [5.41, 5.74) is 0.438. The quantitative estimate of drug-likeness (QED) is 0.618. The Balaban J connectivity index is 2.38. The number of aromatic nitrogens is 1. The highest BCUT2D eigenvalue weighted by atomic mass is 79.9. The number of pyridine rings is 1. The first kappa shape index (κ1) is 14.4. The van der Waals surface area contributed by atoms with Crippen LogP contribution in [0.2, 0.25) is 0 Å². The number of para-hydroxylation sites is 1. The largest absolute Gasteiger partial charge is 0.299 e. The first-order valence-corrected chi connectivity index (χ1v) is 8.24. The van der Waals surface area contributed by atoms with Crippen LogP contribution in [0.4, 0.5) is 0 Å². The molecule has 19 heavy (non-hydrogen) atoms. The maximum absolute atomic E-state index is 12.2. The molecule has 4 nitrogen and oxygen atoms in total. The van der Waals surface area contributed by atoms with Gasteiger partial charge in [-0.05, 0) is 18.6 Å². The number of nitrogens with zero attached hydrogens (tertiary/aromatic N) is 1. The summed E-state index contributed by atoms with van der Waals surface area (Å²) in [4.78, 5) is 4.25. The van der Waals surface area contributed by atoms with Crippen molar-refractivity contribution in [3.05, 3.63) is 36.5 Å². The van der Waals surface area contributed by atoms with Gasteiger partial charge in [0.05, 0.1) is 12.1 Å². The van der Waals surface area contributed by atoms with Crippen LogP contribution in [0.15, 0.2) is 41.4 Å². The SMILES string of the molecule is CCC(Br)COS(=O)(=O)c1cccc2cccnc12. The minimum Gasteiger partial charge on any atom is -0.265 e. The van der Waals surface area contributed by atoms with Gasteiger partial charge in [0.1, 0.15) is 4.90 Å². The van der Waals surface area contributed by atoms with Crippen molar-refractivity contribution in [2.45, 2.75) is 23.1 Å². The second-order valence-electron chi connectivity index (χ2n) is 4.08. The molecule has 0 N–H and O–H groups in total. The van der Waals surface area contributed by atoms with Gasteiger partial charge in [0.15, 0.2) is 0 Å². The molecule has 2 aromatic rings. The van der Waals surface area contributed by atoms with E-state index in [4.69, 9.17) is 4.18 Å². The molecule has 102 valence electrons. The molecule has 0 spiro atoms. The first-order chi connectivity index (χ1) is 9.04. The van der Waals surface area contributed by atoms with Crippen molar-refractivity contribution in [2.75, 3.05) is 6.61 Å². The van der Waals surface area contributed by atoms with Gasteiger partial charge in [-0.1, -0.05) is 41.1 Å². The van der Waals surface area contributed by atoms with Crippen LogP contribution in [0.1, 0.15) is 13.3 Å². The number of benzene rings is 1. The van der Waals surface area contributed by atoms with E-state index >= 15 is 0 Å². The maximum Gasteiger partial charge on any atom is 0.299 e. The summed E-state index contributed by atoms with van der Waals surface area (Å²) in [6.07, 6.45) is 2.37. The van der Waals surface area contributed by atoms with E-state index in [-0.39, 0.29) is 16.3 Å². The van der Waals surface area contributed by atoms with Gasteiger partial charge in [-0.2, -0.15) is 8.42 Å². The molecular formula is C13H14BrNO3S. The van der Waals surface area contributed by atoms with Crippen LogP contribution in [0.3, 0.4) is 0 Å². The van der Waals surface area contributed by atoms with Gasteiger partial charge >= 0.3 is 0 Å². The smallest absolute Gasteiger partial charge is 0.265 e. The van der Waals surface area contributed by atoms with Crippen LogP contribution in [-0.2, 0) is 14.3 Å². The van der Waals surface area contributed by atoms with E-state index in [2.05, 4.69) is 20.9 Å². The second-order valence-corrected chi connectivity index (χ2v) is 6.95. The third-order valence-electron chi connectivity index (χ3n) is 2.71. The van der Waals surface area contributed by atoms with E-state index in [0.717, 1.165) is 11.8 Å². The number of hydrogen-bond acceptors (Lipinski definition) is 4. The molecule has 0 amide bonds. The lowest BCUT2D eigenvalue weighted by molar-refractivity contribution is 0.318. The number of halogens is 1. The van der Waals surface area contributed by atoms with Gasteiger partial charge in [0, 0.05) is 16.4 Å². The summed E-state index contributed by atoms with van der Waals surface area (Å²) in [7, 11) is -3.78. The first-order valence-electron chi connectivity index (χ1n) is 5.92. The van der Waals surface area contributed by atoms with E-state index in [9.17, 15) is 8.42 Å². The highest BCUT2D eigenvalue weighted by Crippen LogP contribution is 2.23. The molecule has 1 unspecified atom stereocenters. The standard InChI is InChI=1S/C13H14BrNO3S/c1-2-11(14)9-18-19(16,17)12-7-3-5-10-6-4-8-15-13(10)12/h3-8,11H,2,9H2,1H3. The predicted molar refractivity (Wildman–Crippen MR) is 77.9 cm³/mol. The number of alkyl halides is 1. The molecule has 0 radical (unpaired) electrons. The molecule has 2 rings (SSSR count). The fourth-order valence-electron chi connectivity index (χ4n) is 1.62. The molecule has 0 fully saturated rings. The van der Waals surface area contributed by atoms with Crippen LogP contribution < -0.4 is 0 Å². The van der Waals surface area contributed by atoms with Crippen molar-refractivity contribution in [2.24, 2.45) is 0 Å². The third-order valence-corrected chi connectivity index (χ3v) is 4.94. The molecule has 1 heterocycles. The molecule has 1 aromatic carbocycles. The van der Waals surface area contributed by atoms with Crippen LogP contribution in [0, 0.1) is 0 Å². The topological polar surface area (TPSA) is 56.3 Å². The summed E-state index contributed by atoms with van der Waals surface area (Å²) in [6, 6.07) is 8.61. The van der Waals surface area contributed by atoms with Crippen LogP contribution in [0.5, 0.6) is 0 Å². The van der Waals surface area contributed by atoms with Gasteiger partial charge in [0.25, 0.3) is 10.1 Å². The Kier molecular flexibility index (Phi) is 4.54. The maximum atomic E-state index is 12.2. The summed E-state index contributed by atoms with van der Waals surface area (Å²) < 4.78 is 29.4. The Labute approximate surface area is 121 Å². The van der Waals surface area contributed by atoms with Gasteiger partial charge in [-0.15, -0.1) is 0 Å². The molecular weight excluding hydrogens is 330 g/mol. The molecule has 6 heteroatoms. The van der Waals surface area contributed by atoms with Crippen LogP contribution in [0.25, 0.3) is 10.9 Å². The zero-order chi connectivity index (χ0) is 13.9. The number of hydrogen-bond donors (Lipinski definition) is 0. The van der Waals surface area contributed by atoms with Crippen molar-refractivity contribution in [3.63, 3.8) is 0 Å². The average molecular weight is 344 g/mol. The highest BCUT2D eigenvalue weighted by Gasteiger charge is 2.20. The Hall–Kier alpha value is -0.980. The monoisotopic (exact) mass is 343 g/mol. The lowest BCUT2D eigenvalue weighted by Gasteiger charge is -2.10. The van der Waals surface area contributed by atoms with E-state index in [1.165, 1.54) is 6.07 Å². The molecule has 1 aromatic heterocycles. The zero-order valence-corrected chi connectivity index (χ0v) is 12.8. The Morgan fingerprint density at radius 3 is 2.79 bits per heavy atom. The lowest BCUT2D eigenvalue weighted by Crippen LogP contribution is -2.14. The van der Waals surface area contributed by atoms with Crippen molar-refractivity contribution < 1.29 is 12.6 Å². The van der Waals surface area contributed by atoms with Crippen molar-refractivity contribution >= 4 is 37.0 Å². The van der Waals surface area contributed by atoms with Gasteiger partial charge < -0.3 is 0 Å². The molecule has 0 aliphatic heterocycles. The third kappa shape index (κ3) is 3.32. The Morgan fingerprint density at radius 1 is 1.32 bits per heavy atom. The molecule has 1 atom stereocenters. The average Bonchev–Trinajstić information content (AvgIpc) is 2.44.